The fraction of sp³-hybridized carbons (Fsp3) is 0.615. The number of ether oxygens (including phenoxy) is 1. The fourth-order valence-electron chi connectivity index (χ4n) is 1.77. The Balaban J connectivity index is 2.35. The second kappa shape index (κ2) is 7.76. The highest BCUT2D eigenvalue weighted by Gasteiger charge is 2.03. The van der Waals surface area contributed by atoms with Crippen LogP contribution in [0.4, 0.5) is 11.5 Å². The first kappa shape index (κ1) is 14.6. The number of nitrogen functional groups attached to an aromatic ring is 1. The smallest absolute Gasteiger partial charge is 0.238 e. The average molecular weight is 252 g/mol. The molecule has 0 saturated heterocycles. The fourth-order valence-corrected chi connectivity index (χ4v) is 1.77. The summed E-state index contributed by atoms with van der Waals surface area (Å²) in [5, 5.41) is 3.28. The van der Waals surface area contributed by atoms with Crippen LogP contribution >= 0.6 is 0 Å². The highest BCUT2D eigenvalue weighted by molar-refractivity contribution is 5.53. The number of nitrogens with one attached hydrogen (secondary N) is 1. The first-order valence-electron chi connectivity index (χ1n) is 6.48. The quantitative estimate of drug-likeness (QED) is 0.691. The molecule has 5 nitrogen and oxygen atoms in total. The second-order valence-corrected chi connectivity index (χ2v) is 4.10. The van der Waals surface area contributed by atoms with Crippen LogP contribution < -0.4 is 15.8 Å². The summed E-state index contributed by atoms with van der Waals surface area (Å²) in [7, 11) is 1.57. The molecule has 0 atom stereocenters. The summed E-state index contributed by atoms with van der Waals surface area (Å²) < 4.78 is 5.08. The van der Waals surface area contributed by atoms with E-state index >= 15 is 0 Å². The monoisotopic (exact) mass is 252 g/mol. The van der Waals surface area contributed by atoms with Crippen LogP contribution in [-0.2, 0) is 0 Å². The number of pyridine rings is 1. The third kappa shape index (κ3) is 4.41. The Morgan fingerprint density at radius 1 is 1.33 bits per heavy atom. The van der Waals surface area contributed by atoms with Gasteiger partial charge in [0.15, 0.2) is 0 Å². The zero-order valence-electron chi connectivity index (χ0n) is 11.6. The molecule has 1 rings (SSSR count). The standard InChI is InChI=1S/C13H24N4O/c1-4-17(5-2)10-6-9-15-12-8-7-11(14)13(16-12)18-3/h7-8H,4-6,9-10,14H2,1-3H3,(H,15,16). The van der Waals surface area contributed by atoms with E-state index in [9.17, 15) is 0 Å². The SMILES string of the molecule is CCN(CC)CCCNc1ccc(N)c(OC)n1. The third-order valence-corrected chi connectivity index (χ3v) is 2.93. The first-order chi connectivity index (χ1) is 8.71. The summed E-state index contributed by atoms with van der Waals surface area (Å²) in [6.07, 6.45) is 1.09. The van der Waals surface area contributed by atoms with Crippen LogP contribution in [0.3, 0.4) is 0 Å². The van der Waals surface area contributed by atoms with Crippen LogP contribution in [0.1, 0.15) is 20.3 Å². The van der Waals surface area contributed by atoms with Gasteiger partial charge in [0.2, 0.25) is 5.88 Å². The van der Waals surface area contributed by atoms with Crippen molar-refractivity contribution in [3.8, 4) is 5.88 Å². The van der Waals surface area contributed by atoms with Crippen molar-refractivity contribution in [2.45, 2.75) is 20.3 Å². The van der Waals surface area contributed by atoms with E-state index in [2.05, 4.69) is 29.0 Å². The van der Waals surface area contributed by atoms with E-state index in [4.69, 9.17) is 10.5 Å². The summed E-state index contributed by atoms with van der Waals surface area (Å²) in [4.78, 5) is 6.68. The van der Waals surface area contributed by atoms with Crippen LogP contribution in [0.2, 0.25) is 0 Å². The Bertz CT molecular complexity index is 353. The van der Waals surface area contributed by atoms with E-state index in [1.165, 1.54) is 0 Å². The largest absolute Gasteiger partial charge is 0.479 e. The lowest BCUT2D eigenvalue weighted by atomic mass is 10.3. The molecular weight excluding hydrogens is 228 g/mol. The van der Waals surface area contributed by atoms with Gasteiger partial charge in [0.25, 0.3) is 0 Å². The highest BCUT2D eigenvalue weighted by Crippen LogP contribution is 2.19. The molecule has 0 aliphatic heterocycles. The number of methoxy groups -OCH3 is 1. The van der Waals surface area contributed by atoms with Gasteiger partial charge in [0, 0.05) is 6.54 Å². The molecule has 0 bridgehead atoms. The maximum Gasteiger partial charge on any atom is 0.238 e. The minimum Gasteiger partial charge on any atom is -0.479 e. The lowest BCUT2D eigenvalue weighted by molar-refractivity contribution is 0.303. The molecule has 18 heavy (non-hydrogen) atoms. The van der Waals surface area contributed by atoms with Gasteiger partial charge in [-0.15, -0.1) is 0 Å². The van der Waals surface area contributed by atoms with Gasteiger partial charge in [0.05, 0.1) is 12.8 Å². The summed E-state index contributed by atoms with van der Waals surface area (Å²) >= 11 is 0. The summed E-state index contributed by atoms with van der Waals surface area (Å²) in [6.45, 7) is 8.57. The van der Waals surface area contributed by atoms with Crippen molar-refractivity contribution in [3.63, 3.8) is 0 Å². The molecule has 0 aromatic carbocycles. The topological polar surface area (TPSA) is 63.4 Å². The zero-order valence-corrected chi connectivity index (χ0v) is 11.6. The van der Waals surface area contributed by atoms with E-state index in [-0.39, 0.29) is 0 Å². The van der Waals surface area contributed by atoms with Crippen molar-refractivity contribution in [2.75, 3.05) is 44.3 Å². The summed E-state index contributed by atoms with van der Waals surface area (Å²) in [5.41, 5.74) is 6.27. The average Bonchev–Trinajstić information content (AvgIpc) is 2.40. The number of anilines is 2. The molecule has 0 radical (unpaired) electrons. The summed E-state index contributed by atoms with van der Waals surface area (Å²) in [6, 6.07) is 3.67. The minimum atomic E-state index is 0.476. The Morgan fingerprint density at radius 3 is 2.67 bits per heavy atom. The third-order valence-electron chi connectivity index (χ3n) is 2.93. The molecule has 0 fully saturated rings. The predicted molar refractivity (Wildman–Crippen MR) is 76.1 cm³/mol. The van der Waals surface area contributed by atoms with Crippen molar-refractivity contribution in [3.05, 3.63) is 12.1 Å². The predicted octanol–water partition coefficient (Wildman–Crippen LogP) is 1.82. The van der Waals surface area contributed by atoms with Gasteiger partial charge >= 0.3 is 0 Å². The second-order valence-electron chi connectivity index (χ2n) is 4.10. The van der Waals surface area contributed by atoms with Gasteiger partial charge in [-0.2, -0.15) is 4.98 Å². The number of nitrogens with zero attached hydrogens (tertiary/aromatic N) is 2. The number of nitrogens with two attached hydrogens (primary N) is 1. The minimum absolute atomic E-state index is 0.476. The molecule has 5 heteroatoms. The number of hydrogen-bond acceptors (Lipinski definition) is 5. The van der Waals surface area contributed by atoms with Gasteiger partial charge in [-0.1, -0.05) is 13.8 Å². The molecule has 0 amide bonds. The van der Waals surface area contributed by atoms with E-state index < -0.39 is 0 Å². The van der Waals surface area contributed by atoms with Crippen molar-refractivity contribution in [1.29, 1.82) is 0 Å². The first-order valence-corrected chi connectivity index (χ1v) is 6.48. The van der Waals surface area contributed by atoms with Gasteiger partial charge in [-0.25, -0.2) is 0 Å². The van der Waals surface area contributed by atoms with Crippen molar-refractivity contribution >= 4 is 11.5 Å². The molecule has 0 aliphatic rings. The maximum atomic E-state index is 5.71. The molecule has 1 aromatic rings. The Labute approximate surface area is 109 Å². The van der Waals surface area contributed by atoms with Crippen LogP contribution in [0.15, 0.2) is 12.1 Å². The normalized spacial score (nSPS) is 10.7. The zero-order chi connectivity index (χ0) is 13.4. The van der Waals surface area contributed by atoms with E-state index in [1.54, 1.807) is 13.2 Å². The maximum absolute atomic E-state index is 5.71. The van der Waals surface area contributed by atoms with Crippen molar-refractivity contribution in [1.82, 2.24) is 9.88 Å². The molecule has 1 heterocycles. The lowest BCUT2D eigenvalue weighted by Crippen LogP contribution is -2.25. The van der Waals surface area contributed by atoms with E-state index in [1.807, 2.05) is 6.07 Å². The van der Waals surface area contributed by atoms with Crippen molar-refractivity contribution in [2.24, 2.45) is 0 Å². The van der Waals surface area contributed by atoms with E-state index in [0.29, 0.717) is 11.6 Å². The molecule has 1 aromatic heterocycles. The lowest BCUT2D eigenvalue weighted by Gasteiger charge is -2.17. The van der Waals surface area contributed by atoms with Gasteiger partial charge < -0.3 is 20.7 Å². The van der Waals surface area contributed by atoms with Gasteiger partial charge in [-0.3, -0.25) is 0 Å². The highest BCUT2D eigenvalue weighted by atomic mass is 16.5. The summed E-state index contributed by atoms with van der Waals surface area (Å²) in [5.74, 6) is 1.28. The Hall–Kier alpha value is -1.49. The van der Waals surface area contributed by atoms with Crippen LogP contribution in [0, 0.1) is 0 Å². The van der Waals surface area contributed by atoms with Crippen LogP contribution in [-0.4, -0.2) is 43.2 Å². The molecule has 3 N–H and O–H groups in total. The Kier molecular flexibility index (Phi) is 6.28. The molecular formula is C13H24N4O. The Morgan fingerprint density at radius 2 is 2.06 bits per heavy atom. The van der Waals surface area contributed by atoms with Crippen LogP contribution in [0.25, 0.3) is 0 Å². The number of aromatic nitrogens is 1. The van der Waals surface area contributed by atoms with Gasteiger partial charge in [-0.05, 0) is 38.2 Å². The molecule has 0 spiro atoms. The van der Waals surface area contributed by atoms with E-state index in [0.717, 1.165) is 38.4 Å². The van der Waals surface area contributed by atoms with Crippen molar-refractivity contribution < 1.29 is 4.74 Å². The molecule has 0 aliphatic carbocycles. The number of hydrogen-bond donors (Lipinski definition) is 2. The van der Waals surface area contributed by atoms with Crippen LogP contribution in [0.5, 0.6) is 5.88 Å². The molecule has 0 saturated carbocycles. The number of rotatable bonds is 8. The molecule has 0 unspecified atom stereocenters. The molecule has 102 valence electrons. The van der Waals surface area contributed by atoms with Gasteiger partial charge in [0.1, 0.15) is 5.82 Å².